The van der Waals surface area contributed by atoms with Gasteiger partial charge in [-0.1, -0.05) is 11.6 Å². The highest BCUT2D eigenvalue weighted by Gasteiger charge is 2.35. The second-order valence-electron chi connectivity index (χ2n) is 2.87. The molecule has 1 aromatic rings. The Bertz CT molecular complexity index is 391. The Hall–Kier alpha value is -0.950. The van der Waals surface area contributed by atoms with Crippen LogP contribution in [0.5, 0.6) is 0 Å². The standard InChI is InChI=1S/C8H6ClF5N2/c9-6-3(7(10)11)1-4(8(12,13)14)5(2-15)16-6/h1,7H,2,15H2. The first-order valence-electron chi connectivity index (χ1n) is 4.02. The molecule has 1 rings (SSSR count). The van der Waals surface area contributed by atoms with Crippen LogP contribution in [-0.2, 0) is 12.7 Å². The van der Waals surface area contributed by atoms with Crippen molar-refractivity contribution in [2.45, 2.75) is 19.1 Å². The first-order valence-corrected chi connectivity index (χ1v) is 4.40. The van der Waals surface area contributed by atoms with Crippen LogP contribution in [0.2, 0.25) is 5.15 Å². The van der Waals surface area contributed by atoms with Crippen molar-refractivity contribution in [3.05, 3.63) is 28.0 Å². The Balaban J connectivity index is 3.41. The van der Waals surface area contributed by atoms with Crippen LogP contribution in [0.3, 0.4) is 0 Å². The number of pyridine rings is 1. The largest absolute Gasteiger partial charge is 0.418 e. The molecule has 0 atom stereocenters. The van der Waals surface area contributed by atoms with Crippen LogP contribution in [0.4, 0.5) is 22.0 Å². The van der Waals surface area contributed by atoms with Gasteiger partial charge in [0.2, 0.25) is 0 Å². The van der Waals surface area contributed by atoms with Gasteiger partial charge in [-0.15, -0.1) is 0 Å². The topological polar surface area (TPSA) is 38.9 Å². The van der Waals surface area contributed by atoms with Gasteiger partial charge in [0.15, 0.2) is 0 Å². The summed E-state index contributed by atoms with van der Waals surface area (Å²) in [7, 11) is 0. The molecule has 0 aliphatic heterocycles. The van der Waals surface area contributed by atoms with Crippen LogP contribution in [-0.4, -0.2) is 4.98 Å². The van der Waals surface area contributed by atoms with Gasteiger partial charge in [0.25, 0.3) is 6.43 Å². The maximum absolute atomic E-state index is 12.4. The predicted molar refractivity (Wildman–Crippen MR) is 47.1 cm³/mol. The highest BCUT2D eigenvalue weighted by atomic mass is 35.5. The zero-order valence-electron chi connectivity index (χ0n) is 7.65. The van der Waals surface area contributed by atoms with Gasteiger partial charge >= 0.3 is 6.18 Å². The number of nitrogens with two attached hydrogens (primary N) is 1. The molecule has 0 radical (unpaired) electrons. The number of aromatic nitrogens is 1. The van der Waals surface area contributed by atoms with Crippen molar-refractivity contribution in [3.63, 3.8) is 0 Å². The molecule has 0 aliphatic carbocycles. The first-order chi connectivity index (χ1) is 7.27. The molecule has 0 aliphatic rings. The van der Waals surface area contributed by atoms with Gasteiger partial charge < -0.3 is 5.73 Å². The van der Waals surface area contributed by atoms with Crippen LogP contribution < -0.4 is 5.73 Å². The summed E-state index contributed by atoms with van der Waals surface area (Å²) in [6.45, 7) is -0.530. The Kier molecular flexibility index (Phi) is 3.69. The molecule has 1 heterocycles. The highest BCUT2D eigenvalue weighted by molar-refractivity contribution is 6.30. The minimum absolute atomic E-state index is 0.280. The van der Waals surface area contributed by atoms with Crippen LogP contribution in [0.25, 0.3) is 0 Å². The summed E-state index contributed by atoms with van der Waals surface area (Å²) in [5.41, 5.74) is 2.24. The molecule has 1 aromatic heterocycles. The fraction of sp³-hybridized carbons (Fsp3) is 0.375. The molecule has 90 valence electrons. The molecule has 0 saturated carbocycles. The molecule has 0 amide bonds. The minimum Gasteiger partial charge on any atom is -0.325 e. The van der Waals surface area contributed by atoms with Gasteiger partial charge in [0.05, 0.1) is 16.8 Å². The molecule has 16 heavy (non-hydrogen) atoms. The Morgan fingerprint density at radius 3 is 2.31 bits per heavy atom. The van der Waals surface area contributed by atoms with Gasteiger partial charge in [-0.05, 0) is 6.07 Å². The number of halogens is 6. The summed E-state index contributed by atoms with van der Waals surface area (Å²) in [6, 6.07) is 0.280. The SMILES string of the molecule is NCc1nc(Cl)c(C(F)F)cc1C(F)(F)F. The van der Waals surface area contributed by atoms with E-state index < -0.39 is 41.1 Å². The number of hydrogen-bond acceptors (Lipinski definition) is 2. The van der Waals surface area contributed by atoms with Crippen molar-refractivity contribution in [1.29, 1.82) is 0 Å². The van der Waals surface area contributed by atoms with Crippen molar-refractivity contribution < 1.29 is 22.0 Å². The second-order valence-corrected chi connectivity index (χ2v) is 3.22. The lowest BCUT2D eigenvalue weighted by Crippen LogP contribution is -2.15. The average Bonchev–Trinajstić information content (AvgIpc) is 2.14. The lowest BCUT2D eigenvalue weighted by atomic mass is 10.1. The molecule has 2 nitrogen and oxygen atoms in total. The average molecular weight is 261 g/mol. The molecular weight excluding hydrogens is 255 g/mol. The quantitative estimate of drug-likeness (QED) is 0.655. The second kappa shape index (κ2) is 4.50. The van der Waals surface area contributed by atoms with Gasteiger partial charge in [0, 0.05) is 6.54 Å². The van der Waals surface area contributed by atoms with E-state index in [2.05, 4.69) is 4.98 Å². The molecule has 0 bridgehead atoms. The zero-order chi connectivity index (χ0) is 12.5. The van der Waals surface area contributed by atoms with Crippen molar-refractivity contribution >= 4 is 11.6 Å². The van der Waals surface area contributed by atoms with E-state index in [4.69, 9.17) is 17.3 Å². The molecule has 0 spiro atoms. The van der Waals surface area contributed by atoms with E-state index in [1.165, 1.54) is 0 Å². The summed E-state index contributed by atoms with van der Waals surface area (Å²) < 4.78 is 61.9. The van der Waals surface area contributed by atoms with Crippen molar-refractivity contribution in [2.24, 2.45) is 5.73 Å². The smallest absolute Gasteiger partial charge is 0.325 e. The van der Waals surface area contributed by atoms with Crippen molar-refractivity contribution in [2.75, 3.05) is 0 Å². The third-order valence-corrected chi connectivity index (χ3v) is 2.12. The molecule has 8 heteroatoms. The predicted octanol–water partition coefficient (Wildman–Crippen LogP) is 3.15. The number of hydrogen-bond donors (Lipinski definition) is 1. The van der Waals surface area contributed by atoms with E-state index in [-0.39, 0.29) is 6.07 Å². The molecule has 0 saturated heterocycles. The Morgan fingerprint density at radius 1 is 1.38 bits per heavy atom. The first kappa shape index (κ1) is 13.1. The lowest BCUT2D eigenvalue weighted by molar-refractivity contribution is -0.138. The lowest BCUT2D eigenvalue weighted by Gasteiger charge is -2.13. The monoisotopic (exact) mass is 260 g/mol. The maximum Gasteiger partial charge on any atom is 0.418 e. The van der Waals surface area contributed by atoms with E-state index >= 15 is 0 Å². The van der Waals surface area contributed by atoms with E-state index in [0.717, 1.165) is 0 Å². The van der Waals surface area contributed by atoms with Gasteiger partial charge in [-0.25, -0.2) is 13.8 Å². The van der Waals surface area contributed by atoms with Crippen LogP contribution in [0.15, 0.2) is 6.07 Å². The van der Waals surface area contributed by atoms with Crippen LogP contribution in [0.1, 0.15) is 23.2 Å². The van der Waals surface area contributed by atoms with Gasteiger partial charge in [-0.2, -0.15) is 13.2 Å². The summed E-state index contributed by atoms with van der Waals surface area (Å²) in [4.78, 5) is 3.22. The number of alkyl halides is 5. The molecular formula is C8H6ClF5N2. The third-order valence-electron chi connectivity index (χ3n) is 1.82. The summed E-state index contributed by atoms with van der Waals surface area (Å²) in [5, 5.41) is -0.663. The van der Waals surface area contributed by atoms with Crippen LogP contribution in [0, 0.1) is 0 Å². The molecule has 0 unspecified atom stereocenters. The number of nitrogens with zero attached hydrogens (tertiary/aromatic N) is 1. The normalized spacial score (nSPS) is 12.2. The van der Waals surface area contributed by atoms with Gasteiger partial charge in [0.1, 0.15) is 5.15 Å². The van der Waals surface area contributed by atoms with E-state index in [9.17, 15) is 22.0 Å². The summed E-state index contributed by atoms with van der Waals surface area (Å²) in [6.07, 6.45) is -7.90. The van der Waals surface area contributed by atoms with Crippen molar-refractivity contribution in [1.82, 2.24) is 4.98 Å². The molecule has 2 N–H and O–H groups in total. The third kappa shape index (κ3) is 2.59. The Morgan fingerprint density at radius 2 is 1.94 bits per heavy atom. The fourth-order valence-corrected chi connectivity index (χ4v) is 1.33. The van der Waals surface area contributed by atoms with Gasteiger partial charge in [-0.3, -0.25) is 0 Å². The van der Waals surface area contributed by atoms with E-state index in [0.29, 0.717) is 0 Å². The highest BCUT2D eigenvalue weighted by Crippen LogP contribution is 2.36. The van der Waals surface area contributed by atoms with E-state index in [1.807, 2.05) is 0 Å². The minimum atomic E-state index is -4.78. The fourth-order valence-electron chi connectivity index (χ4n) is 1.10. The molecule has 0 fully saturated rings. The zero-order valence-corrected chi connectivity index (χ0v) is 8.41. The Labute approximate surface area is 92.2 Å². The molecule has 0 aromatic carbocycles. The summed E-state index contributed by atoms with van der Waals surface area (Å²) >= 11 is 5.31. The van der Waals surface area contributed by atoms with E-state index in [1.54, 1.807) is 0 Å². The number of rotatable bonds is 2. The van der Waals surface area contributed by atoms with Crippen LogP contribution >= 0.6 is 11.6 Å². The van der Waals surface area contributed by atoms with Crippen molar-refractivity contribution in [3.8, 4) is 0 Å². The maximum atomic E-state index is 12.4. The summed E-state index contributed by atoms with van der Waals surface area (Å²) in [5.74, 6) is 0.